The van der Waals surface area contributed by atoms with Crippen molar-refractivity contribution in [3.63, 3.8) is 0 Å². The molecule has 7 heteroatoms. The Kier molecular flexibility index (Phi) is 6.14. The third-order valence-electron chi connectivity index (χ3n) is 2.67. The molecule has 0 atom stereocenters. The Morgan fingerprint density at radius 3 is 2.53 bits per heavy atom. The van der Waals surface area contributed by atoms with Gasteiger partial charge in [-0.2, -0.15) is 0 Å². The number of carbonyl (C=O) groups is 1. The number of amides is 1. The van der Waals surface area contributed by atoms with Crippen LogP contribution in [-0.2, 0) is 4.79 Å². The number of aromatic nitrogens is 2. The molecule has 3 N–H and O–H groups in total. The minimum Gasteiger partial charge on any atom is -0.388 e. The molecule has 0 unspecified atom stereocenters. The molecular formula is C12H19N5OS. The van der Waals surface area contributed by atoms with E-state index in [1.807, 2.05) is 13.8 Å². The Morgan fingerprint density at radius 2 is 2.05 bits per heavy atom. The van der Waals surface area contributed by atoms with Crippen molar-refractivity contribution >= 4 is 28.9 Å². The van der Waals surface area contributed by atoms with Gasteiger partial charge in [-0.25, -0.2) is 9.97 Å². The second kappa shape index (κ2) is 7.63. The quantitative estimate of drug-likeness (QED) is 0.719. The highest BCUT2D eigenvalue weighted by Crippen LogP contribution is 2.02. The van der Waals surface area contributed by atoms with Crippen LogP contribution in [0.1, 0.15) is 26.0 Å². The molecule has 0 aliphatic carbocycles. The first-order valence-corrected chi connectivity index (χ1v) is 6.62. The Hall–Kier alpha value is -1.76. The molecule has 1 aromatic heterocycles. The Bertz CT molecular complexity index is 430. The summed E-state index contributed by atoms with van der Waals surface area (Å²) in [6.45, 7) is 5.93. The third-order valence-corrected chi connectivity index (χ3v) is 2.87. The monoisotopic (exact) mass is 281 g/mol. The van der Waals surface area contributed by atoms with Gasteiger partial charge in [0.05, 0.1) is 12.4 Å². The molecule has 1 aromatic rings. The average Bonchev–Trinajstić information content (AvgIpc) is 2.40. The molecule has 0 aromatic carbocycles. The van der Waals surface area contributed by atoms with Crippen molar-refractivity contribution < 1.29 is 4.79 Å². The summed E-state index contributed by atoms with van der Waals surface area (Å²) in [6, 6.07) is 0. The van der Waals surface area contributed by atoms with Gasteiger partial charge in [-0.1, -0.05) is 12.2 Å². The van der Waals surface area contributed by atoms with Crippen LogP contribution in [-0.4, -0.2) is 45.4 Å². The summed E-state index contributed by atoms with van der Waals surface area (Å²) < 4.78 is 0. The number of rotatable bonds is 7. The van der Waals surface area contributed by atoms with E-state index in [2.05, 4.69) is 15.3 Å². The highest BCUT2D eigenvalue weighted by molar-refractivity contribution is 7.80. The van der Waals surface area contributed by atoms with E-state index in [1.165, 1.54) is 6.20 Å². The third kappa shape index (κ3) is 4.78. The van der Waals surface area contributed by atoms with E-state index in [0.717, 1.165) is 13.1 Å². The number of anilines is 1. The lowest BCUT2D eigenvalue weighted by Gasteiger charge is -2.18. The van der Waals surface area contributed by atoms with Gasteiger partial charge in [-0.15, -0.1) is 0 Å². The van der Waals surface area contributed by atoms with Crippen LogP contribution in [0.5, 0.6) is 0 Å². The Morgan fingerprint density at radius 1 is 1.37 bits per heavy atom. The fraction of sp³-hybridized carbons (Fsp3) is 0.500. The van der Waals surface area contributed by atoms with E-state index in [9.17, 15) is 4.79 Å². The van der Waals surface area contributed by atoms with Gasteiger partial charge < -0.3 is 16.0 Å². The van der Waals surface area contributed by atoms with Crippen molar-refractivity contribution in [2.24, 2.45) is 5.73 Å². The lowest BCUT2D eigenvalue weighted by molar-refractivity contribution is -0.130. The predicted octanol–water partition coefficient (Wildman–Crippen LogP) is 0.781. The van der Waals surface area contributed by atoms with Crippen molar-refractivity contribution in [2.75, 3.05) is 25.0 Å². The summed E-state index contributed by atoms with van der Waals surface area (Å²) in [5, 5.41) is 3.04. The van der Waals surface area contributed by atoms with Crippen LogP contribution >= 0.6 is 12.2 Å². The molecule has 0 saturated carbocycles. The van der Waals surface area contributed by atoms with Crippen molar-refractivity contribution in [1.82, 2.24) is 14.9 Å². The van der Waals surface area contributed by atoms with Crippen LogP contribution in [0.15, 0.2) is 12.4 Å². The van der Waals surface area contributed by atoms with Crippen LogP contribution in [0.3, 0.4) is 0 Å². The lowest BCUT2D eigenvalue weighted by Crippen LogP contribution is -2.31. The van der Waals surface area contributed by atoms with Gasteiger partial charge in [-0.3, -0.25) is 4.79 Å². The molecule has 1 rings (SSSR count). The molecule has 6 nitrogen and oxygen atoms in total. The topological polar surface area (TPSA) is 84.1 Å². The lowest BCUT2D eigenvalue weighted by atomic mass is 10.3. The first kappa shape index (κ1) is 15.3. The summed E-state index contributed by atoms with van der Waals surface area (Å²) in [6.07, 6.45) is 3.49. The molecule has 0 saturated heterocycles. The highest BCUT2D eigenvalue weighted by Gasteiger charge is 2.08. The van der Waals surface area contributed by atoms with Crippen LogP contribution in [0.4, 0.5) is 5.82 Å². The van der Waals surface area contributed by atoms with Crippen LogP contribution in [0.2, 0.25) is 0 Å². The van der Waals surface area contributed by atoms with E-state index >= 15 is 0 Å². The average molecular weight is 281 g/mol. The molecule has 104 valence electrons. The second-order valence-electron chi connectivity index (χ2n) is 3.89. The number of hydrogen-bond donors (Lipinski definition) is 2. The maximum absolute atomic E-state index is 11.8. The molecule has 1 heterocycles. The highest BCUT2D eigenvalue weighted by atomic mass is 32.1. The summed E-state index contributed by atoms with van der Waals surface area (Å²) in [4.78, 5) is 21.9. The minimum absolute atomic E-state index is 0.130. The summed E-state index contributed by atoms with van der Waals surface area (Å²) in [5.41, 5.74) is 5.91. The zero-order valence-electron chi connectivity index (χ0n) is 11.2. The maximum Gasteiger partial charge on any atom is 0.224 e. The molecule has 0 radical (unpaired) electrons. The van der Waals surface area contributed by atoms with Gasteiger partial charge >= 0.3 is 0 Å². The van der Waals surface area contributed by atoms with E-state index < -0.39 is 0 Å². The fourth-order valence-electron chi connectivity index (χ4n) is 1.58. The summed E-state index contributed by atoms with van der Waals surface area (Å²) >= 11 is 4.79. The van der Waals surface area contributed by atoms with Crippen LogP contribution in [0, 0.1) is 0 Å². The second-order valence-corrected chi connectivity index (χ2v) is 4.33. The minimum atomic E-state index is 0.130. The number of thiocarbonyl (C=S) groups is 1. The Balaban J connectivity index is 2.41. The van der Waals surface area contributed by atoms with Crippen molar-refractivity contribution in [3.05, 3.63) is 18.1 Å². The van der Waals surface area contributed by atoms with Gasteiger partial charge in [-0.05, 0) is 13.8 Å². The first-order chi connectivity index (χ1) is 9.08. The Labute approximate surface area is 118 Å². The normalized spacial score (nSPS) is 10.0. The van der Waals surface area contributed by atoms with Gasteiger partial charge in [0, 0.05) is 26.1 Å². The number of nitrogens with zero attached hydrogens (tertiary/aromatic N) is 3. The summed E-state index contributed by atoms with van der Waals surface area (Å²) in [5.74, 6) is 0.734. The zero-order valence-corrected chi connectivity index (χ0v) is 12.0. The first-order valence-electron chi connectivity index (χ1n) is 6.22. The SMILES string of the molecule is CCN(CC)C(=O)CCNc1cnc(C(N)=S)cn1. The number of carbonyl (C=O) groups excluding carboxylic acids is 1. The molecule has 0 aliphatic heterocycles. The zero-order chi connectivity index (χ0) is 14.3. The maximum atomic E-state index is 11.8. The van der Waals surface area contributed by atoms with E-state index in [0.29, 0.717) is 24.5 Å². The number of nitrogens with one attached hydrogen (secondary N) is 1. The smallest absolute Gasteiger partial charge is 0.224 e. The van der Waals surface area contributed by atoms with Gasteiger partial charge in [0.25, 0.3) is 0 Å². The fourth-order valence-corrected chi connectivity index (χ4v) is 1.68. The largest absolute Gasteiger partial charge is 0.388 e. The molecule has 0 bridgehead atoms. The van der Waals surface area contributed by atoms with Crippen LogP contribution < -0.4 is 11.1 Å². The van der Waals surface area contributed by atoms with Gasteiger partial charge in [0.1, 0.15) is 16.5 Å². The molecular weight excluding hydrogens is 262 g/mol. The summed E-state index contributed by atoms with van der Waals surface area (Å²) in [7, 11) is 0. The molecule has 0 aliphatic rings. The number of nitrogens with two attached hydrogens (primary N) is 1. The molecule has 0 fully saturated rings. The molecule has 0 spiro atoms. The van der Waals surface area contributed by atoms with Gasteiger partial charge in [0.15, 0.2) is 0 Å². The van der Waals surface area contributed by atoms with Crippen molar-refractivity contribution in [2.45, 2.75) is 20.3 Å². The van der Waals surface area contributed by atoms with Crippen molar-refractivity contribution in [1.29, 1.82) is 0 Å². The van der Waals surface area contributed by atoms with E-state index in [4.69, 9.17) is 18.0 Å². The van der Waals surface area contributed by atoms with Crippen molar-refractivity contribution in [3.8, 4) is 0 Å². The predicted molar refractivity (Wildman–Crippen MR) is 79.0 cm³/mol. The van der Waals surface area contributed by atoms with E-state index in [-0.39, 0.29) is 10.9 Å². The van der Waals surface area contributed by atoms with E-state index in [1.54, 1.807) is 11.1 Å². The molecule has 19 heavy (non-hydrogen) atoms. The van der Waals surface area contributed by atoms with Gasteiger partial charge in [0.2, 0.25) is 5.91 Å². The van der Waals surface area contributed by atoms with Crippen LogP contribution in [0.25, 0.3) is 0 Å². The standard InChI is InChI=1S/C12H19N5OS/c1-3-17(4-2)11(18)5-6-14-10-8-15-9(7-16-10)12(13)19/h7-8H,3-6H2,1-2H3,(H2,13,19)(H,14,16). The number of hydrogen-bond acceptors (Lipinski definition) is 5. The molecule has 1 amide bonds.